The van der Waals surface area contributed by atoms with E-state index >= 15 is 0 Å². The average molecular weight is 400 g/mol. The summed E-state index contributed by atoms with van der Waals surface area (Å²) >= 11 is 2.83. The molecule has 6 heteroatoms. The van der Waals surface area contributed by atoms with Gasteiger partial charge < -0.3 is 4.57 Å². The van der Waals surface area contributed by atoms with Crippen LogP contribution >= 0.6 is 22.7 Å². The van der Waals surface area contributed by atoms with Gasteiger partial charge in [0, 0.05) is 5.39 Å². The summed E-state index contributed by atoms with van der Waals surface area (Å²) in [5.41, 5.74) is 1.79. The summed E-state index contributed by atoms with van der Waals surface area (Å²) < 4.78 is 3.96. The van der Waals surface area contributed by atoms with Crippen LogP contribution in [0, 0.1) is 12.3 Å². The van der Waals surface area contributed by atoms with Crippen molar-refractivity contribution in [2.24, 2.45) is 4.99 Å². The Morgan fingerprint density at radius 2 is 1.89 bits per heavy atom. The summed E-state index contributed by atoms with van der Waals surface area (Å²) in [7, 11) is 0. The molecule has 28 heavy (non-hydrogen) atoms. The zero-order valence-electron chi connectivity index (χ0n) is 14.6. The number of hydrogen-bond acceptors (Lipinski definition) is 4. The van der Waals surface area contributed by atoms with Gasteiger partial charge in [0.2, 0.25) is 0 Å². The van der Waals surface area contributed by atoms with E-state index in [-0.39, 0.29) is 5.91 Å². The monoisotopic (exact) mass is 399 g/mol. The Labute approximate surface area is 168 Å². The molecule has 0 saturated heterocycles. The number of aromatic nitrogens is 2. The van der Waals surface area contributed by atoms with E-state index in [1.54, 1.807) is 0 Å². The van der Waals surface area contributed by atoms with Gasteiger partial charge in [-0.2, -0.15) is 4.99 Å². The largest absolute Gasteiger partial charge is 0.308 e. The van der Waals surface area contributed by atoms with Crippen LogP contribution in [0.1, 0.15) is 9.80 Å². The van der Waals surface area contributed by atoms with Crippen molar-refractivity contribution in [1.82, 2.24) is 9.55 Å². The van der Waals surface area contributed by atoms with E-state index in [0.29, 0.717) is 16.4 Å². The second-order valence-electron chi connectivity index (χ2n) is 6.21. The zero-order chi connectivity index (χ0) is 19.1. The van der Waals surface area contributed by atoms with Crippen molar-refractivity contribution in [3.63, 3.8) is 0 Å². The van der Waals surface area contributed by atoms with Gasteiger partial charge in [0.15, 0.2) is 9.81 Å². The van der Waals surface area contributed by atoms with Gasteiger partial charge >= 0.3 is 5.91 Å². The first-order chi connectivity index (χ1) is 13.7. The van der Waals surface area contributed by atoms with E-state index in [9.17, 15) is 4.79 Å². The molecule has 2 heterocycles. The molecule has 0 atom stereocenters. The topological polar surface area (TPSA) is 47.2 Å². The van der Waals surface area contributed by atoms with Crippen molar-refractivity contribution in [2.75, 3.05) is 0 Å². The normalized spacial score (nSPS) is 12.0. The van der Waals surface area contributed by atoms with E-state index < -0.39 is 0 Å². The Hall–Kier alpha value is -3.27. The number of hydrogen-bond donors (Lipinski definition) is 0. The maximum absolute atomic E-state index is 12.8. The minimum Gasteiger partial charge on any atom is -0.305 e. The Morgan fingerprint density at radius 3 is 2.75 bits per heavy atom. The van der Waals surface area contributed by atoms with Gasteiger partial charge in [0.25, 0.3) is 0 Å². The number of nitrogens with zero attached hydrogens (tertiary/aromatic N) is 3. The molecule has 2 aromatic heterocycles. The molecule has 1 amide bonds. The number of benzene rings is 3. The Balaban J connectivity index is 1.72. The summed E-state index contributed by atoms with van der Waals surface area (Å²) in [5.74, 6) is 2.33. The number of carbonyl (C=O) groups excluding carboxylic acids is 1. The van der Waals surface area contributed by atoms with Gasteiger partial charge in [-0.25, -0.2) is 4.98 Å². The zero-order valence-corrected chi connectivity index (χ0v) is 16.3. The molecule has 0 fully saturated rings. The van der Waals surface area contributed by atoms with Crippen LogP contribution in [0.15, 0.2) is 65.7 Å². The second-order valence-corrected chi connectivity index (χ2v) is 8.22. The number of fused-ring (bicyclic) bond motifs is 4. The predicted molar refractivity (Wildman–Crippen MR) is 116 cm³/mol. The van der Waals surface area contributed by atoms with Crippen LogP contribution in [-0.2, 0) is 6.54 Å². The Kier molecular flexibility index (Phi) is 4.05. The maximum Gasteiger partial charge on any atom is 0.308 e. The standard InChI is InChI=1S/C22H13N3OS2/c1-2-13-25-17-12-11-14-7-3-4-8-15(14)19(17)28-22(25)24-20(26)21-23-16-9-5-6-10-18(16)27-21/h1,3-12H,13H2. The molecule has 0 aliphatic rings. The number of rotatable bonds is 2. The summed E-state index contributed by atoms with van der Waals surface area (Å²) in [6.07, 6.45) is 5.58. The summed E-state index contributed by atoms with van der Waals surface area (Å²) in [5, 5.41) is 2.66. The second kappa shape index (κ2) is 6.71. The molecule has 0 saturated carbocycles. The SMILES string of the molecule is C#CCn1c(=NC(=O)c2nc3ccccc3s2)sc2c3ccccc3ccc21. The molecule has 0 aliphatic carbocycles. The molecular formula is C22H13N3OS2. The predicted octanol–water partition coefficient (Wildman–Crippen LogP) is 4.84. The van der Waals surface area contributed by atoms with E-state index in [1.807, 2.05) is 47.0 Å². The van der Waals surface area contributed by atoms with Crippen molar-refractivity contribution in [3.8, 4) is 12.3 Å². The molecule has 0 aliphatic heterocycles. The third kappa shape index (κ3) is 2.73. The molecule has 0 radical (unpaired) electrons. The van der Waals surface area contributed by atoms with Crippen molar-refractivity contribution < 1.29 is 4.79 Å². The quantitative estimate of drug-likeness (QED) is 0.399. The van der Waals surface area contributed by atoms with Crippen LogP contribution in [0.5, 0.6) is 0 Å². The number of amides is 1. The van der Waals surface area contributed by atoms with Gasteiger partial charge in [-0.3, -0.25) is 4.79 Å². The molecule has 5 aromatic rings. The lowest BCUT2D eigenvalue weighted by Gasteiger charge is -2.01. The van der Waals surface area contributed by atoms with Crippen molar-refractivity contribution in [2.45, 2.75) is 6.54 Å². The van der Waals surface area contributed by atoms with Gasteiger partial charge in [0.05, 0.1) is 27.0 Å². The van der Waals surface area contributed by atoms with Crippen LogP contribution in [-0.4, -0.2) is 15.5 Å². The smallest absolute Gasteiger partial charge is 0.305 e. The molecular weight excluding hydrogens is 386 g/mol. The van der Waals surface area contributed by atoms with Gasteiger partial charge in [-0.15, -0.1) is 17.8 Å². The molecule has 3 aromatic carbocycles. The minimum atomic E-state index is -0.345. The molecule has 0 N–H and O–H groups in total. The molecule has 5 rings (SSSR count). The van der Waals surface area contributed by atoms with Crippen LogP contribution < -0.4 is 4.80 Å². The summed E-state index contributed by atoms with van der Waals surface area (Å²) in [6.45, 7) is 0.351. The average Bonchev–Trinajstić information content (AvgIpc) is 3.30. The third-order valence-corrected chi connectivity index (χ3v) is 6.65. The van der Waals surface area contributed by atoms with Crippen molar-refractivity contribution in [1.29, 1.82) is 0 Å². The Bertz CT molecular complexity index is 1450. The fourth-order valence-corrected chi connectivity index (χ4v) is 5.24. The van der Waals surface area contributed by atoms with Crippen LogP contribution in [0.25, 0.3) is 31.2 Å². The Morgan fingerprint density at radius 1 is 1.07 bits per heavy atom. The summed E-state index contributed by atoms with van der Waals surface area (Å²) in [4.78, 5) is 22.2. The minimum absolute atomic E-state index is 0.345. The third-order valence-electron chi connectivity index (χ3n) is 4.50. The van der Waals surface area contributed by atoms with Crippen molar-refractivity contribution in [3.05, 3.63) is 70.5 Å². The molecule has 0 unspecified atom stereocenters. The highest BCUT2D eigenvalue weighted by atomic mass is 32.1. The van der Waals surface area contributed by atoms with Crippen LogP contribution in [0.4, 0.5) is 0 Å². The summed E-state index contributed by atoms with van der Waals surface area (Å²) in [6, 6.07) is 20.0. The molecule has 0 bridgehead atoms. The maximum atomic E-state index is 12.8. The van der Waals surface area contributed by atoms with E-state index in [1.165, 1.54) is 22.7 Å². The molecule has 4 nitrogen and oxygen atoms in total. The lowest BCUT2D eigenvalue weighted by atomic mass is 10.1. The first kappa shape index (κ1) is 16.9. The van der Waals surface area contributed by atoms with E-state index in [4.69, 9.17) is 6.42 Å². The van der Waals surface area contributed by atoms with Crippen molar-refractivity contribution >= 4 is 59.8 Å². The highest BCUT2D eigenvalue weighted by Gasteiger charge is 2.14. The van der Waals surface area contributed by atoms with Crippen LogP contribution in [0.2, 0.25) is 0 Å². The van der Waals surface area contributed by atoms with E-state index in [0.717, 1.165) is 31.2 Å². The van der Waals surface area contributed by atoms with E-state index in [2.05, 4.69) is 34.1 Å². The highest BCUT2D eigenvalue weighted by molar-refractivity contribution is 7.20. The number of carbonyl (C=O) groups is 1. The van der Waals surface area contributed by atoms with Gasteiger partial charge in [0.1, 0.15) is 0 Å². The number of para-hydroxylation sites is 1. The number of thiazole rings is 2. The fraction of sp³-hybridized carbons (Fsp3) is 0.0455. The van der Waals surface area contributed by atoms with Gasteiger partial charge in [-0.1, -0.05) is 59.7 Å². The number of terminal acetylenes is 1. The highest BCUT2D eigenvalue weighted by Crippen LogP contribution is 2.28. The first-order valence-corrected chi connectivity index (χ1v) is 10.3. The molecule has 134 valence electrons. The fourth-order valence-electron chi connectivity index (χ4n) is 3.23. The van der Waals surface area contributed by atoms with Gasteiger partial charge in [-0.05, 0) is 23.6 Å². The van der Waals surface area contributed by atoms with Crippen LogP contribution in [0.3, 0.4) is 0 Å². The lowest BCUT2D eigenvalue weighted by Crippen LogP contribution is -2.16. The lowest BCUT2D eigenvalue weighted by molar-refractivity contribution is 0.0997. The molecule has 0 spiro atoms. The first-order valence-electron chi connectivity index (χ1n) is 8.64.